The maximum atomic E-state index is 12.8. The second-order valence-corrected chi connectivity index (χ2v) is 4.43. The number of aromatic nitrogens is 1. The van der Waals surface area contributed by atoms with Crippen molar-refractivity contribution in [1.82, 2.24) is 9.88 Å². The Kier molecular flexibility index (Phi) is 4.34. The summed E-state index contributed by atoms with van der Waals surface area (Å²) in [7, 11) is 0. The van der Waals surface area contributed by atoms with Crippen LogP contribution in [0.2, 0.25) is 5.15 Å². The Morgan fingerprint density at radius 3 is 2.89 bits per heavy atom. The standard InChI is InChI=1S/C12H12ClFN2O3/c13-10-2-1-8(4-15-10)5-16(6-11(14)17)9-3-12(18)19-7-9/h1-4,11,17H,5-7H2. The van der Waals surface area contributed by atoms with Crippen molar-refractivity contribution in [2.75, 3.05) is 13.2 Å². The fourth-order valence-corrected chi connectivity index (χ4v) is 1.84. The minimum atomic E-state index is -2.00. The van der Waals surface area contributed by atoms with Crippen LogP contribution in [0.4, 0.5) is 4.39 Å². The van der Waals surface area contributed by atoms with Gasteiger partial charge in [-0.25, -0.2) is 14.2 Å². The predicted molar refractivity (Wildman–Crippen MR) is 65.8 cm³/mol. The average molecular weight is 287 g/mol. The monoisotopic (exact) mass is 286 g/mol. The first-order valence-corrected chi connectivity index (χ1v) is 5.97. The first-order valence-electron chi connectivity index (χ1n) is 5.59. The quantitative estimate of drug-likeness (QED) is 0.652. The third kappa shape index (κ3) is 3.90. The van der Waals surface area contributed by atoms with Gasteiger partial charge < -0.3 is 14.7 Å². The van der Waals surface area contributed by atoms with E-state index in [9.17, 15) is 9.18 Å². The summed E-state index contributed by atoms with van der Waals surface area (Å²) in [6, 6.07) is 3.36. The number of hydrogen-bond donors (Lipinski definition) is 1. The second kappa shape index (κ2) is 5.99. The number of rotatable bonds is 5. The highest BCUT2D eigenvalue weighted by molar-refractivity contribution is 6.29. The zero-order valence-electron chi connectivity index (χ0n) is 9.92. The molecule has 0 radical (unpaired) electrons. The van der Waals surface area contributed by atoms with E-state index in [1.807, 2.05) is 0 Å². The van der Waals surface area contributed by atoms with E-state index in [-0.39, 0.29) is 13.2 Å². The van der Waals surface area contributed by atoms with E-state index < -0.39 is 12.3 Å². The molecule has 5 nitrogen and oxygen atoms in total. The van der Waals surface area contributed by atoms with Crippen LogP contribution in [0.3, 0.4) is 0 Å². The van der Waals surface area contributed by atoms with Crippen LogP contribution in [-0.4, -0.2) is 40.5 Å². The van der Waals surface area contributed by atoms with Gasteiger partial charge in [0.15, 0.2) is 0 Å². The average Bonchev–Trinajstić information content (AvgIpc) is 2.77. The number of carbonyl (C=O) groups excluding carboxylic acids is 1. The smallest absolute Gasteiger partial charge is 0.333 e. The first kappa shape index (κ1) is 13.8. The third-order valence-electron chi connectivity index (χ3n) is 2.59. The molecule has 2 rings (SSSR count). The van der Waals surface area contributed by atoms with Gasteiger partial charge in [-0.2, -0.15) is 0 Å². The summed E-state index contributed by atoms with van der Waals surface area (Å²) in [6.07, 6.45) is 0.834. The van der Waals surface area contributed by atoms with Crippen LogP contribution in [0.1, 0.15) is 5.56 Å². The number of halogens is 2. The molecule has 1 aliphatic rings. The number of aliphatic hydroxyl groups is 1. The summed E-state index contributed by atoms with van der Waals surface area (Å²) < 4.78 is 17.6. The zero-order chi connectivity index (χ0) is 13.8. The zero-order valence-corrected chi connectivity index (χ0v) is 10.7. The van der Waals surface area contributed by atoms with Crippen LogP contribution in [0.5, 0.6) is 0 Å². The van der Waals surface area contributed by atoms with Crippen LogP contribution in [0.25, 0.3) is 0 Å². The topological polar surface area (TPSA) is 62.7 Å². The van der Waals surface area contributed by atoms with Gasteiger partial charge in [0.2, 0.25) is 6.36 Å². The molecule has 0 fully saturated rings. The number of ether oxygens (including phenoxy) is 1. The highest BCUT2D eigenvalue weighted by Crippen LogP contribution is 2.17. The normalized spacial score (nSPS) is 15.9. The summed E-state index contributed by atoms with van der Waals surface area (Å²) in [4.78, 5) is 16.5. The molecule has 0 spiro atoms. The lowest BCUT2D eigenvalue weighted by Crippen LogP contribution is -2.30. The van der Waals surface area contributed by atoms with E-state index >= 15 is 0 Å². The highest BCUT2D eigenvalue weighted by atomic mass is 35.5. The molecule has 2 heterocycles. The number of nitrogens with zero attached hydrogens (tertiary/aromatic N) is 2. The lowest BCUT2D eigenvalue weighted by Gasteiger charge is -2.25. The van der Waals surface area contributed by atoms with Crippen molar-refractivity contribution in [3.63, 3.8) is 0 Å². The van der Waals surface area contributed by atoms with Gasteiger partial charge in [-0.3, -0.25) is 0 Å². The fraction of sp³-hybridized carbons (Fsp3) is 0.333. The molecule has 1 unspecified atom stereocenters. The molecule has 0 aliphatic carbocycles. The van der Waals surface area contributed by atoms with E-state index in [4.69, 9.17) is 21.4 Å². The number of aliphatic hydroxyl groups excluding tert-OH is 1. The Morgan fingerprint density at radius 2 is 2.37 bits per heavy atom. The van der Waals surface area contributed by atoms with E-state index in [1.54, 1.807) is 18.3 Å². The summed E-state index contributed by atoms with van der Waals surface area (Å²) in [6.45, 7) is 0.130. The van der Waals surface area contributed by atoms with Crippen molar-refractivity contribution in [2.24, 2.45) is 0 Å². The molecule has 0 aromatic carbocycles. The number of carbonyl (C=O) groups is 1. The molecule has 1 atom stereocenters. The SMILES string of the molecule is O=C1C=C(N(Cc2ccc(Cl)nc2)CC(O)F)CO1. The minimum Gasteiger partial charge on any atom is -0.456 e. The molecular weight excluding hydrogens is 275 g/mol. The number of pyridine rings is 1. The van der Waals surface area contributed by atoms with Crippen LogP contribution in [0, 0.1) is 0 Å². The Morgan fingerprint density at radius 1 is 1.58 bits per heavy atom. The van der Waals surface area contributed by atoms with Crippen molar-refractivity contribution < 1.29 is 19.0 Å². The van der Waals surface area contributed by atoms with E-state index in [0.717, 1.165) is 5.56 Å². The number of cyclic esters (lactones) is 1. The van der Waals surface area contributed by atoms with Gasteiger partial charge in [0.25, 0.3) is 0 Å². The third-order valence-corrected chi connectivity index (χ3v) is 2.81. The Balaban J connectivity index is 2.11. The van der Waals surface area contributed by atoms with Gasteiger partial charge in [-0.1, -0.05) is 17.7 Å². The Labute approximate surface area is 114 Å². The second-order valence-electron chi connectivity index (χ2n) is 4.05. The van der Waals surface area contributed by atoms with E-state index in [0.29, 0.717) is 17.4 Å². The van der Waals surface area contributed by atoms with Crippen molar-refractivity contribution in [3.05, 3.63) is 40.8 Å². The van der Waals surface area contributed by atoms with E-state index in [2.05, 4.69) is 4.98 Å². The molecule has 19 heavy (non-hydrogen) atoms. The van der Waals surface area contributed by atoms with Gasteiger partial charge in [0.05, 0.1) is 12.2 Å². The first-order chi connectivity index (χ1) is 9.04. The molecule has 0 saturated heterocycles. The van der Waals surface area contributed by atoms with E-state index in [1.165, 1.54) is 11.0 Å². The van der Waals surface area contributed by atoms with Crippen molar-refractivity contribution in [3.8, 4) is 0 Å². The number of esters is 1. The van der Waals surface area contributed by atoms with Gasteiger partial charge in [-0.05, 0) is 11.6 Å². The predicted octanol–water partition coefficient (Wildman–Crippen LogP) is 1.27. The Hall–Kier alpha value is -1.66. The molecule has 0 saturated carbocycles. The maximum Gasteiger partial charge on any atom is 0.333 e. The van der Waals surface area contributed by atoms with Crippen LogP contribution >= 0.6 is 11.6 Å². The lowest BCUT2D eigenvalue weighted by molar-refractivity contribution is -0.135. The molecule has 7 heteroatoms. The van der Waals surface area contributed by atoms with Crippen LogP contribution in [0.15, 0.2) is 30.1 Å². The highest BCUT2D eigenvalue weighted by Gasteiger charge is 2.21. The molecule has 1 aromatic heterocycles. The fourth-order valence-electron chi connectivity index (χ4n) is 1.73. The molecule has 1 N–H and O–H groups in total. The van der Waals surface area contributed by atoms with Crippen LogP contribution < -0.4 is 0 Å². The van der Waals surface area contributed by atoms with Crippen molar-refractivity contribution in [1.29, 1.82) is 0 Å². The van der Waals surface area contributed by atoms with Crippen LogP contribution in [-0.2, 0) is 16.1 Å². The van der Waals surface area contributed by atoms with Crippen molar-refractivity contribution in [2.45, 2.75) is 12.9 Å². The Bertz CT molecular complexity index is 490. The lowest BCUT2D eigenvalue weighted by atomic mass is 10.2. The van der Waals surface area contributed by atoms with Gasteiger partial charge in [0.1, 0.15) is 11.8 Å². The summed E-state index contributed by atoms with van der Waals surface area (Å²) in [5, 5.41) is 9.23. The maximum absolute atomic E-state index is 12.8. The van der Waals surface area contributed by atoms with Gasteiger partial charge in [-0.15, -0.1) is 0 Å². The minimum absolute atomic E-state index is 0.0760. The summed E-state index contributed by atoms with van der Waals surface area (Å²) in [5.41, 5.74) is 1.31. The molecule has 0 amide bonds. The van der Waals surface area contributed by atoms with Gasteiger partial charge in [0, 0.05) is 18.8 Å². The summed E-state index contributed by atoms with van der Waals surface area (Å²) >= 11 is 5.68. The van der Waals surface area contributed by atoms with Gasteiger partial charge >= 0.3 is 5.97 Å². The van der Waals surface area contributed by atoms with Crippen molar-refractivity contribution >= 4 is 17.6 Å². The molecule has 102 valence electrons. The summed E-state index contributed by atoms with van der Waals surface area (Å²) in [5.74, 6) is -0.470. The molecule has 1 aliphatic heterocycles. The number of hydrogen-bond acceptors (Lipinski definition) is 5. The largest absolute Gasteiger partial charge is 0.456 e. The molecule has 1 aromatic rings. The molecular formula is C12H12ClFN2O3. The number of alkyl halides is 1. The molecule has 0 bridgehead atoms.